The van der Waals surface area contributed by atoms with Gasteiger partial charge in [-0.05, 0) is 42.3 Å². The van der Waals surface area contributed by atoms with Crippen LogP contribution in [0.5, 0.6) is 0 Å². The van der Waals surface area contributed by atoms with Gasteiger partial charge in [0, 0.05) is 7.05 Å². The first-order valence-electron chi connectivity index (χ1n) is 6.20. The molecule has 0 aromatic heterocycles. The van der Waals surface area contributed by atoms with E-state index in [9.17, 15) is 8.42 Å². The summed E-state index contributed by atoms with van der Waals surface area (Å²) in [5.74, 6) is 0. The number of benzene rings is 2. The Bertz CT molecular complexity index is 711. The van der Waals surface area contributed by atoms with Crippen LogP contribution in [0.25, 0.3) is 0 Å². The molecule has 1 N–H and O–H groups in total. The van der Waals surface area contributed by atoms with Crippen LogP contribution in [-0.2, 0) is 16.6 Å². The van der Waals surface area contributed by atoms with Gasteiger partial charge in [0.25, 0.3) is 10.0 Å². The summed E-state index contributed by atoms with van der Waals surface area (Å²) in [6, 6.07) is 13.6. The maximum atomic E-state index is 12.6. The molecule has 4 nitrogen and oxygen atoms in total. The zero-order chi connectivity index (χ0) is 14.8. The first-order chi connectivity index (χ1) is 9.45. The Kier molecular flexibility index (Phi) is 4.11. The van der Waals surface area contributed by atoms with E-state index in [0.717, 1.165) is 5.56 Å². The van der Waals surface area contributed by atoms with E-state index in [1.54, 1.807) is 18.2 Å². The normalized spacial score (nSPS) is 11.3. The summed E-state index contributed by atoms with van der Waals surface area (Å²) >= 11 is 0. The molecule has 0 amide bonds. The molecule has 106 valence electrons. The second-order valence-corrected chi connectivity index (χ2v) is 6.59. The molecule has 0 aliphatic heterocycles. The lowest BCUT2D eigenvalue weighted by molar-refractivity contribution is 0.281. The summed E-state index contributed by atoms with van der Waals surface area (Å²) in [4.78, 5) is 0.174. The molecule has 5 heteroatoms. The minimum absolute atomic E-state index is 0.174. The van der Waals surface area contributed by atoms with Crippen LogP contribution in [0.4, 0.5) is 5.69 Å². The molecule has 0 bridgehead atoms. The van der Waals surface area contributed by atoms with Crippen molar-refractivity contribution in [3.8, 4) is 0 Å². The van der Waals surface area contributed by atoms with Crippen LogP contribution in [0.1, 0.15) is 11.1 Å². The summed E-state index contributed by atoms with van der Waals surface area (Å²) in [5.41, 5.74) is 2.18. The monoisotopic (exact) mass is 291 g/mol. The van der Waals surface area contributed by atoms with E-state index in [1.165, 1.54) is 23.5 Å². The highest BCUT2D eigenvalue weighted by molar-refractivity contribution is 7.92. The van der Waals surface area contributed by atoms with Gasteiger partial charge in [-0.15, -0.1) is 0 Å². The maximum Gasteiger partial charge on any atom is 0.264 e. The van der Waals surface area contributed by atoms with Gasteiger partial charge in [0.2, 0.25) is 0 Å². The SMILES string of the molecule is Cc1cccc(N(C)S(=O)(=O)c2cccc(CO)c2)c1. The lowest BCUT2D eigenvalue weighted by atomic mass is 10.2. The smallest absolute Gasteiger partial charge is 0.264 e. The van der Waals surface area contributed by atoms with Crippen molar-refractivity contribution in [3.63, 3.8) is 0 Å². The Balaban J connectivity index is 2.43. The predicted octanol–water partition coefficient (Wildman–Crippen LogP) is 2.31. The summed E-state index contributed by atoms with van der Waals surface area (Å²) in [6.07, 6.45) is 0. The molecule has 0 fully saturated rings. The molecule has 0 saturated heterocycles. The molecular weight excluding hydrogens is 274 g/mol. The van der Waals surface area contributed by atoms with Crippen LogP contribution in [-0.4, -0.2) is 20.6 Å². The van der Waals surface area contributed by atoms with Gasteiger partial charge in [0.05, 0.1) is 17.2 Å². The third-order valence-electron chi connectivity index (χ3n) is 3.10. The molecule has 0 aliphatic rings. The van der Waals surface area contributed by atoms with Crippen LogP contribution in [0.15, 0.2) is 53.4 Å². The Labute approximate surface area is 119 Å². The second kappa shape index (κ2) is 5.64. The molecule has 0 radical (unpaired) electrons. The van der Waals surface area contributed by atoms with Gasteiger partial charge < -0.3 is 5.11 Å². The van der Waals surface area contributed by atoms with Gasteiger partial charge in [-0.25, -0.2) is 8.42 Å². The predicted molar refractivity (Wildman–Crippen MR) is 79.1 cm³/mol. The van der Waals surface area contributed by atoms with Gasteiger partial charge >= 0.3 is 0 Å². The molecule has 0 atom stereocenters. The van der Waals surface area contributed by atoms with Crippen LogP contribution in [0, 0.1) is 6.92 Å². The number of rotatable bonds is 4. The number of hydrogen-bond donors (Lipinski definition) is 1. The Morgan fingerprint density at radius 3 is 2.45 bits per heavy atom. The van der Waals surface area contributed by atoms with E-state index in [4.69, 9.17) is 5.11 Å². The third-order valence-corrected chi connectivity index (χ3v) is 4.89. The number of anilines is 1. The molecule has 0 saturated carbocycles. The van der Waals surface area contributed by atoms with Gasteiger partial charge in [0.1, 0.15) is 0 Å². The zero-order valence-corrected chi connectivity index (χ0v) is 12.3. The maximum absolute atomic E-state index is 12.6. The molecule has 2 aromatic rings. The molecule has 0 spiro atoms. The fourth-order valence-corrected chi connectivity index (χ4v) is 3.18. The zero-order valence-electron chi connectivity index (χ0n) is 11.4. The van der Waals surface area contributed by atoms with E-state index >= 15 is 0 Å². The Morgan fingerprint density at radius 1 is 1.10 bits per heavy atom. The average molecular weight is 291 g/mol. The van der Waals surface area contributed by atoms with Crippen LogP contribution in [0.2, 0.25) is 0 Å². The quantitative estimate of drug-likeness (QED) is 0.940. The molecule has 0 unspecified atom stereocenters. The Hall–Kier alpha value is -1.85. The van der Waals surface area contributed by atoms with E-state index in [1.807, 2.05) is 25.1 Å². The van der Waals surface area contributed by atoms with Crippen molar-refractivity contribution in [2.45, 2.75) is 18.4 Å². The van der Waals surface area contributed by atoms with Crippen LogP contribution < -0.4 is 4.31 Å². The number of nitrogens with zero attached hydrogens (tertiary/aromatic N) is 1. The summed E-state index contributed by atoms with van der Waals surface area (Å²) in [7, 11) is -2.10. The number of sulfonamides is 1. The molecule has 2 rings (SSSR count). The van der Waals surface area contributed by atoms with E-state index in [2.05, 4.69) is 0 Å². The van der Waals surface area contributed by atoms with E-state index in [-0.39, 0.29) is 11.5 Å². The van der Waals surface area contributed by atoms with Crippen molar-refractivity contribution in [1.82, 2.24) is 0 Å². The van der Waals surface area contributed by atoms with Crippen LogP contribution >= 0.6 is 0 Å². The van der Waals surface area contributed by atoms with Gasteiger partial charge in [0.15, 0.2) is 0 Å². The highest BCUT2D eigenvalue weighted by Crippen LogP contribution is 2.23. The summed E-state index contributed by atoms with van der Waals surface area (Å²) in [6.45, 7) is 1.73. The van der Waals surface area contributed by atoms with Crippen LogP contribution in [0.3, 0.4) is 0 Å². The van der Waals surface area contributed by atoms with Crippen molar-refractivity contribution in [2.24, 2.45) is 0 Å². The number of hydrogen-bond acceptors (Lipinski definition) is 3. The minimum atomic E-state index is -3.62. The molecule has 0 heterocycles. The van der Waals surface area contributed by atoms with E-state index in [0.29, 0.717) is 11.3 Å². The van der Waals surface area contributed by atoms with E-state index < -0.39 is 10.0 Å². The topological polar surface area (TPSA) is 57.6 Å². The minimum Gasteiger partial charge on any atom is -0.392 e. The second-order valence-electron chi connectivity index (χ2n) is 4.62. The molecule has 0 aliphatic carbocycles. The van der Waals surface area contributed by atoms with Crippen molar-refractivity contribution >= 4 is 15.7 Å². The summed E-state index contributed by atoms with van der Waals surface area (Å²) in [5, 5.41) is 9.11. The van der Waals surface area contributed by atoms with Crippen molar-refractivity contribution in [3.05, 3.63) is 59.7 Å². The number of aliphatic hydroxyl groups is 1. The third kappa shape index (κ3) is 2.84. The first kappa shape index (κ1) is 14.6. The Morgan fingerprint density at radius 2 is 1.80 bits per heavy atom. The lowest BCUT2D eigenvalue weighted by Gasteiger charge is -2.20. The number of aliphatic hydroxyl groups excluding tert-OH is 1. The molecule has 2 aromatic carbocycles. The van der Waals surface area contributed by atoms with Crippen molar-refractivity contribution in [2.75, 3.05) is 11.4 Å². The standard InChI is InChI=1S/C15H17NO3S/c1-12-5-3-7-14(9-12)16(2)20(18,19)15-8-4-6-13(10-15)11-17/h3-10,17H,11H2,1-2H3. The fourth-order valence-electron chi connectivity index (χ4n) is 1.93. The van der Waals surface area contributed by atoms with Gasteiger partial charge in [-0.1, -0.05) is 24.3 Å². The molecule has 20 heavy (non-hydrogen) atoms. The highest BCUT2D eigenvalue weighted by atomic mass is 32.2. The van der Waals surface area contributed by atoms with Gasteiger partial charge in [-0.2, -0.15) is 0 Å². The molecular formula is C15H17NO3S. The highest BCUT2D eigenvalue weighted by Gasteiger charge is 2.21. The van der Waals surface area contributed by atoms with Crippen molar-refractivity contribution in [1.29, 1.82) is 0 Å². The number of aryl methyl sites for hydroxylation is 1. The first-order valence-corrected chi connectivity index (χ1v) is 7.64. The van der Waals surface area contributed by atoms with Gasteiger partial charge in [-0.3, -0.25) is 4.31 Å². The fraction of sp³-hybridized carbons (Fsp3) is 0.200. The average Bonchev–Trinajstić information content (AvgIpc) is 2.46. The lowest BCUT2D eigenvalue weighted by Crippen LogP contribution is -2.26. The summed E-state index contributed by atoms with van der Waals surface area (Å²) < 4.78 is 26.4. The van der Waals surface area contributed by atoms with Crippen molar-refractivity contribution < 1.29 is 13.5 Å². The largest absolute Gasteiger partial charge is 0.392 e.